The third-order valence-electron chi connectivity index (χ3n) is 5.08. The fourth-order valence-corrected chi connectivity index (χ4v) is 3.77. The van der Waals surface area contributed by atoms with Gasteiger partial charge in [-0.3, -0.25) is 4.79 Å². The number of carbonyl (C=O) groups is 1. The summed E-state index contributed by atoms with van der Waals surface area (Å²) in [5.74, 6) is 0.216. The van der Waals surface area contributed by atoms with Crippen LogP contribution in [0.4, 0.5) is 0 Å². The first-order chi connectivity index (χ1) is 7.25. The highest BCUT2D eigenvalue weighted by molar-refractivity contribution is 5.74. The molecule has 3 nitrogen and oxygen atoms in total. The number of carboxylic acid groups (broad SMARTS) is 1. The molecular weight excluding hydrogens is 204 g/mol. The number of aliphatic carboxylic acids is 1. The van der Waals surface area contributed by atoms with Crippen LogP contribution in [0.2, 0.25) is 0 Å². The summed E-state index contributed by atoms with van der Waals surface area (Å²) in [6.45, 7) is 5.80. The minimum Gasteiger partial charge on any atom is -0.481 e. The van der Waals surface area contributed by atoms with Crippen molar-refractivity contribution in [1.82, 2.24) is 0 Å². The van der Waals surface area contributed by atoms with E-state index in [-0.39, 0.29) is 11.8 Å². The van der Waals surface area contributed by atoms with E-state index in [1.54, 1.807) is 0 Å². The molecular formula is C13H22O3. The number of carboxylic acids is 1. The van der Waals surface area contributed by atoms with E-state index >= 15 is 0 Å². The summed E-state index contributed by atoms with van der Waals surface area (Å²) in [5.41, 5.74) is -1.31. The van der Waals surface area contributed by atoms with E-state index in [0.717, 1.165) is 19.3 Å². The smallest absolute Gasteiger partial charge is 0.309 e. The van der Waals surface area contributed by atoms with Crippen molar-refractivity contribution in [1.29, 1.82) is 0 Å². The molecule has 0 saturated heterocycles. The van der Waals surface area contributed by atoms with Crippen molar-refractivity contribution in [2.24, 2.45) is 23.2 Å². The monoisotopic (exact) mass is 226 g/mol. The highest BCUT2D eigenvalue weighted by Crippen LogP contribution is 2.54. The minimum absolute atomic E-state index is 0.149. The first-order valence-corrected chi connectivity index (χ1v) is 6.21. The van der Waals surface area contributed by atoms with Crippen molar-refractivity contribution in [3.8, 4) is 0 Å². The van der Waals surface area contributed by atoms with Crippen molar-refractivity contribution in [2.75, 3.05) is 0 Å². The quantitative estimate of drug-likeness (QED) is 0.721. The van der Waals surface area contributed by atoms with E-state index in [9.17, 15) is 15.0 Å². The lowest BCUT2D eigenvalue weighted by molar-refractivity contribution is -0.165. The SMILES string of the molecule is C[C@H]1CC2C[C@H](C[C@](C)(C(=O)O)C2)[C@@]1(C)O. The van der Waals surface area contributed by atoms with Gasteiger partial charge in [0, 0.05) is 0 Å². The van der Waals surface area contributed by atoms with Gasteiger partial charge in [0.1, 0.15) is 0 Å². The van der Waals surface area contributed by atoms with Gasteiger partial charge in [-0.1, -0.05) is 6.92 Å². The van der Waals surface area contributed by atoms with Gasteiger partial charge in [0.05, 0.1) is 11.0 Å². The summed E-state index contributed by atoms with van der Waals surface area (Å²) in [7, 11) is 0. The van der Waals surface area contributed by atoms with E-state index in [1.165, 1.54) is 0 Å². The molecule has 0 amide bonds. The highest BCUT2D eigenvalue weighted by atomic mass is 16.4. The molecule has 0 aliphatic heterocycles. The van der Waals surface area contributed by atoms with Crippen molar-refractivity contribution >= 4 is 5.97 Å². The van der Waals surface area contributed by atoms with Crippen LogP contribution in [0.3, 0.4) is 0 Å². The van der Waals surface area contributed by atoms with Gasteiger partial charge in [-0.2, -0.15) is 0 Å². The minimum atomic E-state index is -0.701. The van der Waals surface area contributed by atoms with Crippen LogP contribution in [0.5, 0.6) is 0 Å². The Hall–Kier alpha value is -0.570. The third-order valence-corrected chi connectivity index (χ3v) is 5.08. The molecule has 0 aromatic heterocycles. The molecule has 3 heteroatoms. The first-order valence-electron chi connectivity index (χ1n) is 6.21. The Kier molecular flexibility index (Phi) is 2.57. The van der Waals surface area contributed by atoms with Crippen molar-refractivity contribution in [2.45, 2.75) is 52.1 Å². The molecule has 2 aliphatic carbocycles. The summed E-state index contributed by atoms with van der Waals surface area (Å²) < 4.78 is 0. The molecule has 92 valence electrons. The van der Waals surface area contributed by atoms with E-state index in [1.807, 2.05) is 13.8 Å². The van der Waals surface area contributed by atoms with Crippen LogP contribution in [0.25, 0.3) is 0 Å². The van der Waals surface area contributed by atoms with Crippen molar-refractivity contribution in [3.05, 3.63) is 0 Å². The second kappa shape index (κ2) is 3.46. The van der Waals surface area contributed by atoms with Crippen LogP contribution >= 0.6 is 0 Å². The van der Waals surface area contributed by atoms with Gasteiger partial charge < -0.3 is 10.2 Å². The lowest BCUT2D eigenvalue weighted by Gasteiger charge is -2.52. The summed E-state index contributed by atoms with van der Waals surface area (Å²) in [6.07, 6.45) is 3.36. The number of fused-ring (bicyclic) bond motifs is 2. The molecule has 0 aromatic carbocycles. The second-order valence-corrected chi connectivity index (χ2v) is 6.44. The lowest BCUT2D eigenvalue weighted by atomic mass is 9.54. The maximum Gasteiger partial charge on any atom is 0.309 e. The fourth-order valence-electron chi connectivity index (χ4n) is 3.77. The second-order valence-electron chi connectivity index (χ2n) is 6.44. The molecule has 2 saturated carbocycles. The zero-order valence-corrected chi connectivity index (χ0v) is 10.4. The van der Waals surface area contributed by atoms with Gasteiger partial charge in [-0.15, -0.1) is 0 Å². The first kappa shape index (κ1) is 11.9. The number of aliphatic hydroxyl groups is 1. The van der Waals surface area contributed by atoms with E-state index in [4.69, 9.17) is 0 Å². The Morgan fingerprint density at radius 1 is 1.25 bits per heavy atom. The Morgan fingerprint density at radius 3 is 2.44 bits per heavy atom. The van der Waals surface area contributed by atoms with Crippen LogP contribution in [0.1, 0.15) is 46.5 Å². The standard InChI is InChI=1S/C13H22O3/c1-8-4-9-5-10(13(8,3)16)7-12(2,6-9)11(14)15/h8-10,16H,4-7H2,1-3H3,(H,14,15)/t8-,9?,10+,12+,13-/m0/s1. The molecule has 2 bridgehead atoms. The van der Waals surface area contributed by atoms with Gasteiger partial charge in [-0.25, -0.2) is 0 Å². The molecule has 0 heterocycles. The van der Waals surface area contributed by atoms with Gasteiger partial charge in [0.15, 0.2) is 0 Å². The average Bonchev–Trinajstić information content (AvgIpc) is 2.14. The number of hydrogen-bond donors (Lipinski definition) is 2. The van der Waals surface area contributed by atoms with Gasteiger partial charge in [0.25, 0.3) is 0 Å². The zero-order chi connectivity index (χ0) is 12.1. The normalized spacial score (nSPS) is 52.4. The van der Waals surface area contributed by atoms with Crippen LogP contribution < -0.4 is 0 Å². The Labute approximate surface area is 96.9 Å². The summed E-state index contributed by atoms with van der Waals surface area (Å²) in [5, 5.41) is 19.8. The Morgan fingerprint density at radius 2 is 1.88 bits per heavy atom. The summed E-state index contributed by atoms with van der Waals surface area (Å²) in [4.78, 5) is 11.3. The van der Waals surface area contributed by atoms with Crippen LogP contribution in [-0.2, 0) is 4.79 Å². The van der Waals surface area contributed by atoms with Gasteiger partial charge >= 0.3 is 5.97 Å². The zero-order valence-electron chi connectivity index (χ0n) is 10.4. The molecule has 1 unspecified atom stereocenters. The van der Waals surface area contributed by atoms with Crippen LogP contribution in [0, 0.1) is 23.2 Å². The fraction of sp³-hybridized carbons (Fsp3) is 0.923. The van der Waals surface area contributed by atoms with Crippen LogP contribution in [0.15, 0.2) is 0 Å². The molecule has 16 heavy (non-hydrogen) atoms. The molecule has 0 spiro atoms. The van der Waals surface area contributed by atoms with Crippen molar-refractivity contribution in [3.63, 3.8) is 0 Å². The Balaban J connectivity index is 2.25. The lowest BCUT2D eigenvalue weighted by Crippen LogP contribution is -2.53. The molecule has 2 rings (SSSR count). The summed E-state index contributed by atoms with van der Waals surface area (Å²) >= 11 is 0. The maximum absolute atomic E-state index is 11.3. The number of hydrogen-bond acceptors (Lipinski definition) is 2. The predicted octanol–water partition coefficient (Wildman–Crippen LogP) is 2.28. The average molecular weight is 226 g/mol. The van der Waals surface area contributed by atoms with Crippen LogP contribution in [-0.4, -0.2) is 21.8 Å². The third kappa shape index (κ3) is 1.65. The van der Waals surface area contributed by atoms with Crippen molar-refractivity contribution < 1.29 is 15.0 Å². The number of rotatable bonds is 1. The maximum atomic E-state index is 11.3. The molecule has 5 atom stereocenters. The van der Waals surface area contributed by atoms with E-state index in [0.29, 0.717) is 12.3 Å². The predicted molar refractivity (Wildman–Crippen MR) is 61.0 cm³/mol. The van der Waals surface area contributed by atoms with Gasteiger partial charge in [0.2, 0.25) is 0 Å². The summed E-state index contributed by atoms with van der Waals surface area (Å²) in [6, 6.07) is 0. The van der Waals surface area contributed by atoms with E-state index < -0.39 is 17.0 Å². The Bertz CT molecular complexity index is 308. The topological polar surface area (TPSA) is 57.5 Å². The highest BCUT2D eigenvalue weighted by Gasteiger charge is 2.53. The largest absolute Gasteiger partial charge is 0.481 e. The van der Waals surface area contributed by atoms with Gasteiger partial charge in [-0.05, 0) is 57.3 Å². The molecule has 0 aromatic rings. The molecule has 2 aliphatic rings. The molecule has 0 radical (unpaired) electrons. The molecule has 2 N–H and O–H groups in total. The van der Waals surface area contributed by atoms with E-state index in [2.05, 4.69) is 6.92 Å². The molecule has 2 fully saturated rings.